The van der Waals surface area contributed by atoms with E-state index in [0.717, 1.165) is 25.9 Å². The van der Waals surface area contributed by atoms with Crippen molar-refractivity contribution in [3.05, 3.63) is 16.7 Å². The number of nitrogens with one attached hydrogen (secondary N) is 2. The van der Waals surface area contributed by atoms with Crippen molar-refractivity contribution in [2.45, 2.75) is 17.7 Å². The van der Waals surface area contributed by atoms with Gasteiger partial charge < -0.3 is 10.3 Å². The molecule has 0 atom stereocenters. The van der Waals surface area contributed by atoms with Gasteiger partial charge >= 0.3 is 0 Å². The molecule has 118 valence electrons. The molecular formula is C12H20BrN5O2S. The Morgan fingerprint density at radius 2 is 2.14 bits per heavy atom. The van der Waals surface area contributed by atoms with Gasteiger partial charge in [-0.1, -0.05) is 0 Å². The summed E-state index contributed by atoms with van der Waals surface area (Å²) in [6.07, 6.45) is 3.49. The molecule has 0 amide bonds. The Morgan fingerprint density at radius 1 is 1.48 bits per heavy atom. The maximum atomic E-state index is 12.4. The Hall–Kier alpha value is -0.740. The Bertz CT molecular complexity index is 587. The van der Waals surface area contributed by atoms with Gasteiger partial charge in [-0.15, -0.1) is 0 Å². The first-order valence-corrected chi connectivity index (χ1v) is 9.00. The summed E-state index contributed by atoms with van der Waals surface area (Å²) >= 11 is 3.22. The fraction of sp³-hybridized carbons (Fsp3) is 0.583. The van der Waals surface area contributed by atoms with Crippen molar-refractivity contribution >= 4 is 31.8 Å². The summed E-state index contributed by atoms with van der Waals surface area (Å²) in [7, 11) is -1.56. The highest BCUT2D eigenvalue weighted by atomic mass is 79.9. The molecule has 1 saturated heterocycles. The van der Waals surface area contributed by atoms with Gasteiger partial charge in [-0.2, -0.15) is 0 Å². The van der Waals surface area contributed by atoms with Crippen LogP contribution in [0.2, 0.25) is 0 Å². The molecule has 2 heterocycles. The molecule has 1 fully saturated rings. The van der Waals surface area contributed by atoms with E-state index in [9.17, 15) is 8.42 Å². The minimum absolute atomic E-state index is 0.0484. The van der Waals surface area contributed by atoms with Crippen LogP contribution in [0.5, 0.6) is 0 Å². The largest absolute Gasteiger partial charge is 0.307 e. The average molecular weight is 378 g/mol. The molecular weight excluding hydrogens is 358 g/mol. The number of rotatable bonds is 5. The molecule has 0 radical (unpaired) electrons. The summed E-state index contributed by atoms with van der Waals surface area (Å²) in [5.41, 5.74) is 2.31. The molecule has 0 bridgehead atoms. The lowest BCUT2D eigenvalue weighted by Crippen LogP contribution is -2.37. The van der Waals surface area contributed by atoms with Crippen LogP contribution in [0.4, 0.5) is 5.82 Å². The lowest BCUT2D eigenvalue weighted by molar-refractivity contribution is 0.220. The molecule has 4 N–H and O–H groups in total. The molecule has 0 saturated carbocycles. The van der Waals surface area contributed by atoms with Crippen LogP contribution in [-0.4, -0.2) is 45.0 Å². The van der Waals surface area contributed by atoms with Crippen LogP contribution in [0, 0.1) is 5.92 Å². The summed E-state index contributed by atoms with van der Waals surface area (Å²) in [6.45, 7) is 2.44. The molecule has 0 unspecified atom stereocenters. The SMILES string of the molecule is CN1CCC(CNS(=O)(=O)c2cc(Br)cnc2NN)CC1. The Morgan fingerprint density at radius 3 is 2.76 bits per heavy atom. The summed E-state index contributed by atoms with van der Waals surface area (Å²) in [4.78, 5) is 6.26. The monoisotopic (exact) mass is 377 g/mol. The van der Waals surface area contributed by atoms with Gasteiger partial charge in [0, 0.05) is 17.2 Å². The predicted octanol–water partition coefficient (Wildman–Crippen LogP) is 0.750. The second-order valence-corrected chi connectivity index (χ2v) is 7.89. The van der Waals surface area contributed by atoms with Gasteiger partial charge in [0.15, 0.2) is 5.82 Å². The van der Waals surface area contributed by atoms with E-state index in [1.807, 2.05) is 0 Å². The number of halogens is 1. The van der Waals surface area contributed by atoms with E-state index >= 15 is 0 Å². The van der Waals surface area contributed by atoms with Crippen molar-refractivity contribution in [3.63, 3.8) is 0 Å². The predicted molar refractivity (Wildman–Crippen MR) is 85.2 cm³/mol. The van der Waals surface area contributed by atoms with Gasteiger partial charge in [0.25, 0.3) is 0 Å². The van der Waals surface area contributed by atoms with Crippen molar-refractivity contribution < 1.29 is 8.42 Å². The molecule has 1 aliphatic heterocycles. The van der Waals surface area contributed by atoms with E-state index in [4.69, 9.17) is 5.84 Å². The van der Waals surface area contributed by atoms with Crippen LogP contribution in [0.25, 0.3) is 0 Å². The number of hydrazine groups is 1. The van der Waals surface area contributed by atoms with Crippen LogP contribution in [0.3, 0.4) is 0 Å². The quantitative estimate of drug-likeness (QED) is 0.517. The zero-order chi connectivity index (χ0) is 15.5. The topological polar surface area (TPSA) is 100 Å². The Labute approximate surface area is 133 Å². The van der Waals surface area contributed by atoms with E-state index < -0.39 is 10.0 Å². The number of sulfonamides is 1. The maximum Gasteiger partial charge on any atom is 0.244 e. The number of nitrogens with two attached hydrogens (primary N) is 1. The van der Waals surface area contributed by atoms with E-state index in [1.165, 1.54) is 12.3 Å². The number of anilines is 1. The maximum absolute atomic E-state index is 12.4. The van der Waals surface area contributed by atoms with Crippen molar-refractivity contribution in [2.75, 3.05) is 32.1 Å². The second-order valence-electron chi connectivity index (χ2n) is 5.24. The average Bonchev–Trinajstić information content (AvgIpc) is 2.47. The number of nitrogen functional groups attached to an aromatic ring is 1. The minimum Gasteiger partial charge on any atom is -0.307 e. The molecule has 1 aliphatic rings. The number of piperidine rings is 1. The Balaban J connectivity index is 2.06. The third-order valence-corrected chi connectivity index (χ3v) is 5.52. The number of aromatic nitrogens is 1. The van der Waals surface area contributed by atoms with Crippen LogP contribution in [0.1, 0.15) is 12.8 Å². The number of nitrogens with zero attached hydrogens (tertiary/aromatic N) is 2. The van der Waals surface area contributed by atoms with E-state index in [0.29, 0.717) is 16.9 Å². The first kappa shape index (κ1) is 16.6. The van der Waals surface area contributed by atoms with Crippen molar-refractivity contribution in [2.24, 2.45) is 11.8 Å². The lowest BCUT2D eigenvalue weighted by atomic mass is 9.98. The molecule has 1 aromatic rings. The zero-order valence-corrected chi connectivity index (χ0v) is 14.2. The molecule has 0 spiro atoms. The third kappa shape index (κ3) is 4.36. The summed E-state index contributed by atoms with van der Waals surface area (Å²) in [6, 6.07) is 1.49. The highest BCUT2D eigenvalue weighted by Crippen LogP contribution is 2.23. The van der Waals surface area contributed by atoms with Crippen LogP contribution >= 0.6 is 15.9 Å². The van der Waals surface area contributed by atoms with Crippen LogP contribution in [-0.2, 0) is 10.0 Å². The minimum atomic E-state index is -3.64. The molecule has 0 aromatic carbocycles. The summed E-state index contributed by atoms with van der Waals surface area (Å²) in [5.74, 6) is 5.83. The fourth-order valence-electron chi connectivity index (χ4n) is 2.31. The number of hydrogen-bond donors (Lipinski definition) is 3. The van der Waals surface area contributed by atoms with Crippen molar-refractivity contribution in [3.8, 4) is 0 Å². The van der Waals surface area contributed by atoms with E-state index in [1.54, 1.807) is 0 Å². The van der Waals surface area contributed by atoms with Gasteiger partial charge in [-0.3, -0.25) is 0 Å². The van der Waals surface area contributed by atoms with Gasteiger partial charge in [0.1, 0.15) is 4.90 Å². The summed E-state index contributed by atoms with van der Waals surface area (Å²) < 4.78 is 28.0. The van der Waals surface area contributed by atoms with E-state index in [-0.39, 0.29) is 10.7 Å². The number of likely N-dealkylation sites (tertiary alicyclic amines) is 1. The first-order chi connectivity index (χ1) is 9.92. The van der Waals surface area contributed by atoms with Crippen LogP contribution in [0.15, 0.2) is 21.6 Å². The van der Waals surface area contributed by atoms with Crippen LogP contribution < -0.4 is 16.0 Å². The van der Waals surface area contributed by atoms with Crippen molar-refractivity contribution in [1.82, 2.24) is 14.6 Å². The molecule has 0 aliphatic carbocycles. The molecule has 2 rings (SSSR count). The van der Waals surface area contributed by atoms with Gasteiger partial charge in [0.05, 0.1) is 0 Å². The number of pyridine rings is 1. The standard InChI is InChI=1S/C12H20BrN5O2S/c1-18-4-2-9(3-5-18)7-16-21(19,20)11-6-10(13)8-15-12(11)17-14/h6,8-9,16H,2-5,7,14H2,1H3,(H,15,17). The summed E-state index contributed by atoms with van der Waals surface area (Å²) in [5, 5.41) is 0. The highest BCUT2D eigenvalue weighted by molar-refractivity contribution is 9.10. The second kappa shape index (κ2) is 7.01. The molecule has 1 aromatic heterocycles. The zero-order valence-electron chi connectivity index (χ0n) is 11.8. The fourth-order valence-corrected chi connectivity index (χ4v) is 4.05. The van der Waals surface area contributed by atoms with Gasteiger partial charge in [-0.25, -0.2) is 24.0 Å². The molecule has 9 heteroatoms. The molecule has 7 nitrogen and oxygen atoms in total. The Kier molecular flexibility index (Phi) is 5.55. The third-order valence-electron chi connectivity index (χ3n) is 3.65. The number of hydrogen-bond acceptors (Lipinski definition) is 6. The highest BCUT2D eigenvalue weighted by Gasteiger charge is 2.23. The lowest BCUT2D eigenvalue weighted by Gasteiger charge is -2.28. The van der Waals surface area contributed by atoms with E-state index in [2.05, 4.69) is 43.0 Å². The normalized spacial score (nSPS) is 17.9. The first-order valence-electron chi connectivity index (χ1n) is 6.73. The smallest absolute Gasteiger partial charge is 0.244 e. The van der Waals surface area contributed by atoms with Gasteiger partial charge in [-0.05, 0) is 60.9 Å². The van der Waals surface area contributed by atoms with Gasteiger partial charge in [0.2, 0.25) is 10.0 Å². The van der Waals surface area contributed by atoms with Crippen molar-refractivity contribution in [1.29, 1.82) is 0 Å². The molecule has 21 heavy (non-hydrogen) atoms.